The van der Waals surface area contributed by atoms with Gasteiger partial charge in [0.25, 0.3) is 0 Å². The Bertz CT molecular complexity index is 650. The average molecular weight is 370 g/mol. The van der Waals surface area contributed by atoms with E-state index < -0.39 is 29.4 Å². The van der Waals surface area contributed by atoms with Crippen LogP contribution in [0, 0.1) is 0 Å². The summed E-state index contributed by atoms with van der Waals surface area (Å²) in [5.41, 5.74) is -1.23. The molecule has 0 aliphatic carbocycles. The molecule has 1 saturated heterocycles. The van der Waals surface area contributed by atoms with Gasteiger partial charge in [-0.25, -0.2) is 14.6 Å². The molecule has 2 unspecified atom stereocenters. The molecule has 1 aromatic rings. The van der Waals surface area contributed by atoms with Gasteiger partial charge in [0.1, 0.15) is 22.4 Å². The molecule has 0 aromatic carbocycles. The third kappa shape index (κ3) is 4.30. The van der Waals surface area contributed by atoms with E-state index in [1.165, 1.54) is 11.3 Å². The summed E-state index contributed by atoms with van der Waals surface area (Å²) in [5, 5.41) is 2.26. The summed E-state index contributed by atoms with van der Waals surface area (Å²) >= 11 is 1.30. The number of hydrogen-bond donors (Lipinski definition) is 0. The third-order valence-electron chi connectivity index (χ3n) is 3.63. The second-order valence-corrected chi connectivity index (χ2v) is 8.25. The van der Waals surface area contributed by atoms with Gasteiger partial charge in [0.2, 0.25) is 0 Å². The Morgan fingerprint density at radius 3 is 2.60 bits per heavy atom. The number of hydrogen-bond acceptors (Lipinski definition) is 7. The smallest absolute Gasteiger partial charge is 0.413 e. The molecular formula is C17H26N2O5S. The molecule has 7 nitrogen and oxygen atoms in total. The zero-order chi connectivity index (χ0) is 19.0. The van der Waals surface area contributed by atoms with Crippen LogP contribution in [0.15, 0.2) is 5.38 Å². The lowest BCUT2D eigenvalue weighted by Gasteiger charge is -2.34. The summed E-state index contributed by atoms with van der Waals surface area (Å²) in [4.78, 5) is 30.6. The van der Waals surface area contributed by atoms with Crippen LogP contribution < -0.4 is 0 Å². The number of ether oxygens (including phenoxy) is 3. The Kier molecular flexibility index (Phi) is 5.44. The maximum atomic E-state index is 12.8. The highest BCUT2D eigenvalue weighted by Crippen LogP contribution is 2.43. The quantitative estimate of drug-likeness (QED) is 0.754. The van der Waals surface area contributed by atoms with Gasteiger partial charge in [0.05, 0.1) is 12.7 Å². The van der Waals surface area contributed by atoms with E-state index in [4.69, 9.17) is 14.2 Å². The van der Waals surface area contributed by atoms with Crippen molar-refractivity contribution < 1.29 is 23.8 Å². The number of esters is 1. The van der Waals surface area contributed by atoms with E-state index in [1.54, 1.807) is 17.2 Å². The fraction of sp³-hybridized carbons (Fsp3) is 0.706. The first-order valence-corrected chi connectivity index (χ1v) is 9.17. The van der Waals surface area contributed by atoms with Crippen LogP contribution in [0.5, 0.6) is 0 Å². The molecule has 0 N–H and O–H groups in total. The monoisotopic (exact) mass is 370 g/mol. The molecule has 8 heteroatoms. The van der Waals surface area contributed by atoms with E-state index in [9.17, 15) is 9.59 Å². The minimum Gasteiger partial charge on any atom is -0.461 e. The van der Waals surface area contributed by atoms with Crippen molar-refractivity contribution in [3.8, 4) is 0 Å². The Labute approximate surface area is 152 Å². The number of rotatable bonds is 3. The van der Waals surface area contributed by atoms with Crippen LogP contribution >= 0.6 is 11.3 Å². The highest BCUT2D eigenvalue weighted by Gasteiger charge is 2.51. The van der Waals surface area contributed by atoms with Crippen LogP contribution in [0.3, 0.4) is 0 Å². The van der Waals surface area contributed by atoms with E-state index in [0.717, 1.165) is 0 Å². The van der Waals surface area contributed by atoms with Gasteiger partial charge in [0, 0.05) is 5.38 Å². The van der Waals surface area contributed by atoms with Crippen LogP contribution in [0.25, 0.3) is 0 Å². The Morgan fingerprint density at radius 2 is 2.04 bits per heavy atom. The Hall–Kier alpha value is -1.67. The largest absolute Gasteiger partial charge is 0.461 e. The van der Waals surface area contributed by atoms with Crippen molar-refractivity contribution in [1.29, 1.82) is 0 Å². The van der Waals surface area contributed by atoms with E-state index in [0.29, 0.717) is 5.01 Å². The molecule has 1 aromatic heterocycles. The first-order valence-electron chi connectivity index (χ1n) is 8.29. The lowest BCUT2D eigenvalue weighted by Crippen LogP contribution is -2.47. The molecule has 140 valence electrons. The van der Waals surface area contributed by atoms with Crippen molar-refractivity contribution in [2.75, 3.05) is 6.61 Å². The SMILES string of the molecule is CCOC(=O)c1csc(C2C(C)OC(C)(C)N2C(=O)OC(C)(C)C)n1. The minimum atomic E-state index is -0.845. The van der Waals surface area contributed by atoms with Crippen molar-refractivity contribution in [3.63, 3.8) is 0 Å². The molecule has 0 spiro atoms. The van der Waals surface area contributed by atoms with Crippen molar-refractivity contribution >= 4 is 23.4 Å². The maximum Gasteiger partial charge on any atom is 0.413 e. The average Bonchev–Trinajstić information content (AvgIpc) is 2.98. The third-order valence-corrected chi connectivity index (χ3v) is 4.54. The van der Waals surface area contributed by atoms with E-state index >= 15 is 0 Å². The van der Waals surface area contributed by atoms with Crippen LogP contribution in [-0.4, -0.2) is 46.0 Å². The van der Waals surface area contributed by atoms with Gasteiger partial charge in [-0.2, -0.15) is 0 Å². The van der Waals surface area contributed by atoms with Crippen molar-refractivity contribution in [2.24, 2.45) is 0 Å². The lowest BCUT2D eigenvalue weighted by atomic mass is 10.1. The molecule has 0 radical (unpaired) electrons. The summed E-state index contributed by atoms with van der Waals surface area (Å²) < 4.78 is 16.5. The fourth-order valence-corrected chi connectivity index (χ4v) is 3.77. The maximum absolute atomic E-state index is 12.8. The molecule has 1 fully saturated rings. The lowest BCUT2D eigenvalue weighted by molar-refractivity contribution is -0.0757. The van der Waals surface area contributed by atoms with Gasteiger partial charge >= 0.3 is 12.1 Å². The summed E-state index contributed by atoms with van der Waals surface area (Å²) in [6.45, 7) is 13.0. The second kappa shape index (κ2) is 6.92. The van der Waals surface area contributed by atoms with Gasteiger partial charge in [0.15, 0.2) is 5.69 Å². The predicted molar refractivity (Wildman–Crippen MR) is 93.5 cm³/mol. The zero-order valence-corrected chi connectivity index (χ0v) is 16.6. The van der Waals surface area contributed by atoms with Crippen molar-refractivity contribution in [3.05, 3.63) is 16.1 Å². The van der Waals surface area contributed by atoms with Crippen LogP contribution in [-0.2, 0) is 14.2 Å². The van der Waals surface area contributed by atoms with Crippen LogP contribution in [0.1, 0.15) is 70.0 Å². The molecule has 0 saturated carbocycles. The number of carbonyl (C=O) groups excluding carboxylic acids is 2. The Morgan fingerprint density at radius 1 is 1.40 bits per heavy atom. The normalized spacial score (nSPS) is 22.8. The predicted octanol–water partition coefficient (Wildman–Crippen LogP) is 3.75. The molecule has 1 aliphatic rings. The number of thiazole rings is 1. The molecule has 1 aliphatic heterocycles. The molecule has 2 heterocycles. The number of amides is 1. The van der Waals surface area contributed by atoms with Gasteiger partial charge in [-0.05, 0) is 48.5 Å². The van der Waals surface area contributed by atoms with Crippen LogP contribution in [0.4, 0.5) is 4.79 Å². The summed E-state index contributed by atoms with van der Waals surface area (Å²) in [7, 11) is 0. The first kappa shape index (κ1) is 19.7. The minimum absolute atomic E-state index is 0.239. The van der Waals surface area contributed by atoms with Crippen molar-refractivity contribution in [1.82, 2.24) is 9.88 Å². The fourth-order valence-electron chi connectivity index (χ4n) is 2.80. The van der Waals surface area contributed by atoms with E-state index in [-0.39, 0.29) is 18.4 Å². The molecule has 2 atom stereocenters. The molecule has 1 amide bonds. The van der Waals surface area contributed by atoms with E-state index in [1.807, 2.05) is 41.5 Å². The highest BCUT2D eigenvalue weighted by molar-refractivity contribution is 7.09. The standard InChI is InChI=1S/C17H26N2O5S/c1-8-22-14(20)11-9-25-13(18-11)12-10(2)23-17(6,7)19(12)15(21)24-16(3,4)5/h9-10,12H,8H2,1-7H3. The molecule has 2 rings (SSSR count). The Balaban J connectivity index is 2.33. The summed E-state index contributed by atoms with van der Waals surface area (Å²) in [6.07, 6.45) is -0.761. The topological polar surface area (TPSA) is 78.0 Å². The summed E-state index contributed by atoms with van der Waals surface area (Å²) in [6, 6.07) is -0.432. The molecular weight excluding hydrogens is 344 g/mol. The number of carbonyl (C=O) groups is 2. The summed E-state index contributed by atoms with van der Waals surface area (Å²) in [5.74, 6) is -0.473. The zero-order valence-electron chi connectivity index (χ0n) is 15.8. The highest BCUT2D eigenvalue weighted by atomic mass is 32.1. The number of aromatic nitrogens is 1. The molecule has 0 bridgehead atoms. The second-order valence-electron chi connectivity index (χ2n) is 7.36. The van der Waals surface area contributed by atoms with Gasteiger partial charge in [-0.3, -0.25) is 4.90 Å². The van der Waals surface area contributed by atoms with Crippen LogP contribution in [0.2, 0.25) is 0 Å². The van der Waals surface area contributed by atoms with Gasteiger partial charge < -0.3 is 14.2 Å². The molecule has 25 heavy (non-hydrogen) atoms. The van der Waals surface area contributed by atoms with E-state index in [2.05, 4.69) is 4.98 Å². The van der Waals surface area contributed by atoms with Gasteiger partial charge in [-0.15, -0.1) is 11.3 Å². The number of nitrogens with zero attached hydrogens (tertiary/aromatic N) is 2. The first-order chi connectivity index (χ1) is 11.5. The van der Waals surface area contributed by atoms with Gasteiger partial charge in [-0.1, -0.05) is 0 Å². The van der Waals surface area contributed by atoms with Crippen molar-refractivity contribution in [2.45, 2.75) is 71.9 Å².